The summed E-state index contributed by atoms with van der Waals surface area (Å²) in [5.41, 5.74) is 7.45. The maximum absolute atomic E-state index is 11.7. The molecule has 0 fully saturated rings. The van der Waals surface area contributed by atoms with Crippen molar-refractivity contribution < 1.29 is 9.53 Å². The van der Waals surface area contributed by atoms with Gasteiger partial charge in [-0.3, -0.25) is 4.79 Å². The third-order valence-electron chi connectivity index (χ3n) is 4.84. The van der Waals surface area contributed by atoms with Gasteiger partial charge in [-0.25, -0.2) is 10.4 Å². The molecule has 4 rings (SSSR count). The lowest BCUT2D eigenvalue weighted by atomic mass is 9.98. The van der Waals surface area contributed by atoms with Crippen LogP contribution in [0, 0.1) is 0 Å². The third kappa shape index (κ3) is 5.21. The van der Waals surface area contributed by atoms with Gasteiger partial charge in [-0.1, -0.05) is 53.2 Å². The summed E-state index contributed by atoms with van der Waals surface area (Å²) < 4.78 is 6.57. The minimum Gasteiger partial charge on any atom is -0.484 e. The molecule has 0 saturated carbocycles. The number of carbonyl (C=O) groups excluding carboxylic acids is 1. The van der Waals surface area contributed by atoms with Gasteiger partial charge in [-0.15, -0.1) is 0 Å². The van der Waals surface area contributed by atoms with Gasteiger partial charge in [0.1, 0.15) is 5.75 Å². The Kier molecular flexibility index (Phi) is 6.92. The van der Waals surface area contributed by atoms with Crippen LogP contribution in [-0.2, 0) is 4.79 Å². The second kappa shape index (κ2) is 10.2. The molecule has 32 heavy (non-hydrogen) atoms. The molecule has 0 aliphatic heterocycles. The van der Waals surface area contributed by atoms with Crippen molar-refractivity contribution in [1.82, 2.24) is 10.4 Å². The number of fused-ring (bicyclic) bond motifs is 1. The summed E-state index contributed by atoms with van der Waals surface area (Å²) in [5.74, 6) is 0.310. The first-order chi connectivity index (χ1) is 15.6. The normalized spacial score (nSPS) is 11.1. The van der Waals surface area contributed by atoms with Crippen molar-refractivity contribution in [3.63, 3.8) is 0 Å². The Hall–Kier alpha value is -3.51. The average molecular weight is 488 g/mol. The Balaban J connectivity index is 1.60. The van der Waals surface area contributed by atoms with Crippen molar-refractivity contribution in [3.8, 4) is 28.1 Å². The van der Waals surface area contributed by atoms with Crippen LogP contribution in [0.3, 0.4) is 0 Å². The number of hydrazone groups is 1. The van der Waals surface area contributed by atoms with E-state index in [9.17, 15) is 4.79 Å². The SMILES string of the molecule is CCC=NNC(=O)COc1ccc(-c2cc(-c3ccccc3)c3cc(Br)ccc3n2)cc1. The molecule has 0 spiro atoms. The molecule has 6 heteroatoms. The van der Waals surface area contributed by atoms with Crippen LogP contribution >= 0.6 is 15.9 Å². The molecule has 0 saturated heterocycles. The van der Waals surface area contributed by atoms with Crippen molar-refractivity contribution in [1.29, 1.82) is 0 Å². The molecule has 0 unspecified atom stereocenters. The fraction of sp³-hybridized carbons (Fsp3) is 0.115. The minimum absolute atomic E-state index is 0.0956. The monoisotopic (exact) mass is 487 g/mol. The van der Waals surface area contributed by atoms with Gasteiger partial charge >= 0.3 is 0 Å². The van der Waals surface area contributed by atoms with E-state index < -0.39 is 0 Å². The van der Waals surface area contributed by atoms with Crippen molar-refractivity contribution in [3.05, 3.63) is 83.3 Å². The number of ether oxygens (including phenoxy) is 1. The van der Waals surface area contributed by atoms with Gasteiger partial charge in [0.25, 0.3) is 5.91 Å². The van der Waals surface area contributed by atoms with E-state index in [2.05, 4.69) is 50.7 Å². The van der Waals surface area contributed by atoms with Crippen molar-refractivity contribution in [2.24, 2.45) is 5.10 Å². The molecular weight excluding hydrogens is 466 g/mol. The Morgan fingerprint density at radius 1 is 1.03 bits per heavy atom. The minimum atomic E-state index is -0.298. The molecule has 0 radical (unpaired) electrons. The Labute approximate surface area is 195 Å². The van der Waals surface area contributed by atoms with Gasteiger partial charge in [0.05, 0.1) is 11.2 Å². The number of carbonyl (C=O) groups is 1. The van der Waals surface area contributed by atoms with E-state index >= 15 is 0 Å². The summed E-state index contributed by atoms with van der Waals surface area (Å²) in [4.78, 5) is 16.6. The fourth-order valence-electron chi connectivity index (χ4n) is 3.31. The van der Waals surface area contributed by atoms with E-state index in [0.717, 1.165) is 44.2 Å². The number of nitrogens with zero attached hydrogens (tertiary/aromatic N) is 2. The molecule has 160 valence electrons. The zero-order valence-corrected chi connectivity index (χ0v) is 19.2. The summed E-state index contributed by atoms with van der Waals surface area (Å²) in [6.07, 6.45) is 2.39. The highest BCUT2D eigenvalue weighted by Crippen LogP contribution is 2.33. The Morgan fingerprint density at radius 2 is 1.81 bits per heavy atom. The van der Waals surface area contributed by atoms with Gasteiger partial charge in [-0.05, 0) is 66.1 Å². The zero-order chi connectivity index (χ0) is 22.3. The second-order valence-electron chi connectivity index (χ2n) is 7.15. The molecule has 1 heterocycles. The van der Waals surface area contributed by atoms with Gasteiger partial charge in [0, 0.05) is 21.6 Å². The maximum Gasteiger partial charge on any atom is 0.277 e. The molecule has 0 aliphatic rings. The molecule has 5 nitrogen and oxygen atoms in total. The molecular formula is C26H22BrN3O2. The predicted octanol–water partition coefficient (Wildman–Crippen LogP) is 6.22. The summed E-state index contributed by atoms with van der Waals surface area (Å²) in [7, 11) is 0. The van der Waals surface area contributed by atoms with Crippen LogP contribution < -0.4 is 10.2 Å². The van der Waals surface area contributed by atoms with Crippen molar-refractivity contribution in [2.75, 3.05) is 6.61 Å². The number of amides is 1. The smallest absolute Gasteiger partial charge is 0.277 e. The topological polar surface area (TPSA) is 63.6 Å². The second-order valence-corrected chi connectivity index (χ2v) is 8.07. The first-order valence-electron chi connectivity index (χ1n) is 10.3. The van der Waals surface area contributed by atoms with Gasteiger partial charge < -0.3 is 4.74 Å². The molecule has 3 aromatic carbocycles. The number of halogens is 1. The van der Waals surface area contributed by atoms with Crippen LogP contribution in [-0.4, -0.2) is 23.7 Å². The van der Waals surface area contributed by atoms with Crippen LogP contribution in [0.5, 0.6) is 5.75 Å². The van der Waals surface area contributed by atoms with E-state index in [1.165, 1.54) is 0 Å². The molecule has 0 atom stereocenters. The fourth-order valence-corrected chi connectivity index (χ4v) is 3.68. The van der Waals surface area contributed by atoms with Crippen LogP contribution in [0.15, 0.2) is 88.4 Å². The number of aromatic nitrogens is 1. The molecule has 0 aliphatic carbocycles. The first-order valence-corrected chi connectivity index (χ1v) is 11.1. The first kappa shape index (κ1) is 21.7. The number of hydrogen-bond acceptors (Lipinski definition) is 4. The van der Waals surface area contributed by atoms with E-state index in [1.54, 1.807) is 6.21 Å². The van der Waals surface area contributed by atoms with E-state index in [1.807, 2.05) is 61.5 Å². The van der Waals surface area contributed by atoms with Crippen LogP contribution in [0.2, 0.25) is 0 Å². The average Bonchev–Trinajstić information content (AvgIpc) is 2.83. The third-order valence-corrected chi connectivity index (χ3v) is 5.33. The lowest BCUT2D eigenvalue weighted by Crippen LogP contribution is -2.24. The van der Waals surface area contributed by atoms with Crippen LogP contribution in [0.1, 0.15) is 13.3 Å². The van der Waals surface area contributed by atoms with Gasteiger partial charge in [0.15, 0.2) is 6.61 Å². The molecule has 1 N–H and O–H groups in total. The highest BCUT2D eigenvalue weighted by atomic mass is 79.9. The number of rotatable bonds is 7. The summed E-state index contributed by atoms with van der Waals surface area (Å²) in [6, 6.07) is 26.1. The van der Waals surface area contributed by atoms with Crippen LogP contribution in [0.4, 0.5) is 0 Å². The maximum atomic E-state index is 11.7. The number of hydrogen-bond donors (Lipinski definition) is 1. The Morgan fingerprint density at radius 3 is 2.56 bits per heavy atom. The largest absolute Gasteiger partial charge is 0.484 e. The summed E-state index contributed by atoms with van der Waals surface area (Å²) in [5, 5.41) is 4.89. The highest BCUT2D eigenvalue weighted by Gasteiger charge is 2.10. The molecule has 4 aromatic rings. The van der Waals surface area contributed by atoms with E-state index in [0.29, 0.717) is 5.75 Å². The van der Waals surface area contributed by atoms with Crippen molar-refractivity contribution in [2.45, 2.75) is 13.3 Å². The Bertz CT molecular complexity index is 1260. The quantitative estimate of drug-likeness (QED) is 0.248. The highest BCUT2D eigenvalue weighted by molar-refractivity contribution is 9.10. The molecule has 1 amide bonds. The van der Waals surface area contributed by atoms with E-state index in [4.69, 9.17) is 9.72 Å². The standard InChI is InChI=1S/C26H22BrN3O2/c1-2-14-28-30-26(31)17-32-21-11-8-19(9-12-21)25-16-22(18-6-4-3-5-7-18)23-15-20(27)10-13-24(23)29-25/h3-16H,2,17H2,1H3,(H,30,31). The number of nitrogens with one attached hydrogen (secondary N) is 1. The predicted molar refractivity (Wildman–Crippen MR) is 133 cm³/mol. The lowest BCUT2D eigenvalue weighted by Gasteiger charge is -2.11. The summed E-state index contributed by atoms with van der Waals surface area (Å²) in [6.45, 7) is 1.85. The van der Waals surface area contributed by atoms with Crippen molar-refractivity contribution >= 4 is 39.0 Å². The van der Waals surface area contributed by atoms with Gasteiger partial charge in [0.2, 0.25) is 0 Å². The molecule has 1 aromatic heterocycles. The lowest BCUT2D eigenvalue weighted by molar-refractivity contribution is -0.123. The van der Waals surface area contributed by atoms with Crippen LogP contribution in [0.25, 0.3) is 33.3 Å². The number of benzene rings is 3. The number of pyridine rings is 1. The van der Waals surface area contributed by atoms with E-state index in [-0.39, 0.29) is 12.5 Å². The van der Waals surface area contributed by atoms with Gasteiger partial charge in [-0.2, -0.15) is 5.10 Å². The zero-order valence-electron chi connectivity index (χ0n) is 17.6. The molecule has 0 bridgehead atoms. The summed E-state index contributed by atoms with van der Waals surface area (Å²) >= 11 is 3.58.